The Morgan fingerprint density at radius 2 is 1.93 bits per heavy atom. The van der Waals surface area contributed by atoms with Crippen LogP contribution in [0.3, 0.4) is 0 Å². The van der Waals surface area contributed by atoms with Crippen LogP contribution in [0.5, 0.6) is 0 Å². The van der Waals surface area contributed by atoms with E-state index in [1.807, 2.05) is 6.07 Å². The Morgan fingerprint density at radius 3 is 2.70 bits per heavy atom. The third-order valence-corrected chi connectivity index (χ3v) is 5.59. The second kappa shape index (κ2) is 7.15. The zero-order valence-corrected chi connectivity index (χ0v) is 15.3. The van der Waals surface area contributed by atoms with E-state index in [4.69, 9.17) is 4.52 Å². The number of piperidine rings is 1. The summed E-state index contributed by atoms with van der Waals surface area (Å²) >= 11 is 0. The van der Waals surface area contributed by atoms with Crippen molar-refractivity contribution in [3.05, 3.63) is 36.0 Å². The number of rotatable bonds is 4. The fourth-order valence-corrected chi connectivity index (χ4v) is 3.99. The molecule has 2 N–H and O–H groups in total. The van der Waals surface area contributed by atoms with E-state index in [2.05, 4.69) is 54.8 Å². The van der Waals surface area contributed by atoms with Crippen molar-refractivity contribution in [1.29, 1.82) is 0 Å². The highest BCUT2D eigenvalue weighted by Gasteiger charge is 2.21. The van der Waals surface area contributed by atoms with E-state index in [0.29, 0.717) is 23.3 Å². The molecule has 2 fully saturated rings. The predicted molar refractivity (Wildman–Crippen MR) is 104 cm³/mol. The average molecular weight is 364 g/mol. The van der Waals surface area contributed by atoms with Gasteiger partial charge in [0.25, 0.3) is 5.89 Å². The van der Waals surface area contributed by atoms with Gasteiger partial charge in [-0.05, 0) is 62.6 Å². The highest BCUT2D eigenvalue weighted by Crippen LogP contribution is 2.27. The Hall–Kier alpha value is -2.67. The lowest BCUT2D eigenvalue weighted by molar-refractivity contribution is 0.431. The molecule has 4 heterocycles. The second-order valence-electron chi connectivity index (χ2n) is 7.42. The molecular weight excluding hydrogens is 340 g/mol. The molecule has 0 radical (unpaired) electrons. The molecule has 1 aromatic carbocycles. The van der Waals surface area contributed by atoms with Gasteiger partial charge in [-0.15, -0.1) is 0 Å². The summed E-state index contributed by atoms with van der Waals surface area (Å²) in [6.07, 6.45) is 5.02. The van der Waals surface area contributed by atoms with Crippen molar-refractivity contribution in [1.82, 2.24) is 25.7 Å². The zero-order chi connectivity index (χ0) is 18.1. The SMILES string of the molecule is c1cc(N2CCCCC2)ccc1-c1noc(-c2cc(C3CCNC3)[nH]n2)n1. The van der Waals surface area contributed by atoms with E-state index in [1.54, 1.807) is 0 Å². The molecule has 2 saturated heterocycles. The summed E-state index contributed by atoms with van der Waals surface area (Å²) in [6.45, 7) is 4.32. The highest BCUT2D eigenvalue weighted by molar-refractivity contribution is 5.62. The van der Waals surface area contributed by atoms with E-state index < -0.39 is 0 Å². The lowest BCUT2D eigenvalue weighted by Crippen LogP contribution is -2.29. The summed E-state index contributed by atoms with van der Waals surface area (Å²) < 4.78 is 5.46. The maximum Gasteiger partial charge on any atom is 0.278 e. The van der Waals surface area contributed by atoms with E-state index in [0.717, 1.165) is 43.9 Å². The Bertz CT molecular complexity index is 887. The zero-order valence-electron chi connectivity index (χ0n) is 15.3. The summed E-state index contributed by atoms with van der Waals surface area (Å²) in [7, 11) is 0. The van der Waals surface area contributed by atoms with Crippen molar-refractivity contribution < 1.29 is 4.52 Å². The number of anilines is 1. The molecule has 7 heteroatoms. The summed E-state index contributed by atoms with van der Waals surface area (Å²) in [4.78, 5) is 6.99. The molecule has 2 aliphatic heterocycles. The van der Waals surface area contributed by atoms with Crippen LogP contribution in [0.1, 0.15) is 37.3 Å². The summed E-state index contributed by atoms with van der Waals surface area (Å²) in [5.74, 6) is 1.54. The number of H-pyrrole nitrogens is 1. The van der Waals surface area contributed by atoms with Crippen LogP contribution in [0, 0.1) is 0 Å². The van der Waals surface area contributed by atoms with E-state index in [9.17, 15) is 0 Å². The molecule has 2 aliphatic rings. The number of aromatic amines is 1. The molecule has 0 bridgehead atoms. The first-order chi connectivity index (χ1) is 13.4. The molecule has 1 atom stereocenters. The van der Waals surface area contributed by atoms with Crippen molar-refractivity contribution in [2.24, 2.45) is 0 Å². The Kier molecular flexibility index (Phi) is 4.37. The van der Waals surface area contributed by atoms with Gasteiger partial charge in [0.2, 0.25) is 5.82 Å². The van der Waals surface area contributed by atoms with Gasteiger partial charge in [0, 0.05) is 42.5 Å². The fraction of sp³-hybridized carbons (Fsp3) is 0.450. The number of nitrogens with one attached hydrogen (secondary N) is 2. The van der Waals surface area contributed by atoms with Crippen molar-refractivity contribution in [3.63, 3.8) is 0 Å². The van der Waals surface area contributed by atoms with Gasteiger partial charge in [0.15, 0.2) is 5.69 Å². The largest absolute Gasteiger partial charge is 0.372 e. The second-order valence-corrected chi connectivity index (χ2v) is 7.42. The van der Waals surface area contributed by atoms with Crippen molar-refractivity contribution >= 4 is 5.69 Å². The number of benzene rings is 1. The van der Waals surface area contributed by atoms with Crippen LogP contribution in [0.2, 0.25) is 0 Å². The van der Waals surface area contributed by atoms with Crippen LogP contribution in [0.4, 0.5) is 5.69 Å². The van der Waals surface area contributed by atoms with Crippen LogP contribution in [0.25, 0.3) is 23.0 Å². The summed E-state index contributed by atoms with van der Waals surface area (Å²) in [5.41, 5.74) is 4.06. The maximum atomic E-state index is 5.46. The van der Waals surface area contributed by atoms with Crippen LogP contribution in [-0.2, 0) is 0 Å². The Morgan fingerprint density at radius 1 is 1.07 bits per heavy atom. The summed E-state index contributed by atoms with van der Waals surface area (Å²) in [5, 5.41) is 15.0. The van der Waals surface area contributed by atoms with Crippen molar-refractivity contribution in [2.45, 2.75) is 31.6 Å². The third-order valence-electron chi connectivity index (χ3n) is 5.59. The highest BCUT2D eigenvalue weighted by atomic mass is 16.5. The van der Waals surface area contributed by atoms with Gasteiger partial charge in [-0.1, -0.05) is 5.16 Å². The monoisotopic (exact) mass is 364 g/mol. The third kappa shape index (κ3) is 3.35. The fourth-order valence-electron chi connectivity index (χ4n) is 3.99. The van der Waals surface area contributed by atoms with Crippen LogP contribution in [-0.4, -0.2) is 46.5 Å². The minimum atomic E-state index is 0.457. The maximum absolute atomic E-state index is 5.46. The van der Waals surface area contributed by atoms with Crippen molar-refractivity contribution in [3.8, 4) is 23.0 Å². The lowest BCUT2D eigenvalue weighted by Gasteiger charge is -2.28. The van der Waals surface area contributed by atoms with Gasteiger partial charge in [-0.2, -0.15) is 10.1 Å². The van der Waals surface area contributed by atoms with Gasteiger partial charge in [-0.25, -0.2) is 0 Å². The number of nitrogens with zero attached hydrogens (tertiary/aromatic N) is 4. The molecule has 27 heavy (non-hydrogen) atoms. The normalized spacial score (nSPS) is 20.3. The van der Waals surface area contributed by atoms with Gasteiger partial charge < -0.3 is 14.7 Å². The van der Waals surface area contributed by atoms with E-state index >= 15 is 0 Å². The van der Waals surface area contributed by atoms with Gasteiger partial charge in [0.05, 0.1) is 0 Å². The molecule has 0 saturated carbocycles. The molecule has 2 aromatic heterocycles. The van der Waals surface area contributed by atoms with E-state index in [-0.39, 0.29) is 0 Å². The number of aromatic nitrogens is 4. The predicted octanol–water partition coefficient (Wildman–Crippen LogP) is 3.19. The summed E-state index contributed by atoms with van der Waals surface area (Å²) in [6, 6.07) is 10.5. The topological polar surface area (TPSA) is 82.9 Å². The Labute approximate surface area is 158 Å². The molecule has 7 nitrogen and oxygen atoms in total. The van der Waals surface area contributed by atoms with Gasteiger partial charge in [-0.3, -0.25) is 5.10 Å². The van der Waals surface area contributed by atoms with Crippen LogP contribution < -0.4 is 10.2 Å². The smallest absolute Gasteiger partial charge is 0.278 e. The standard InChI is InChI=1S/C20H24N6O/c1-2-10-26(11-3-1)16-6-4-14(5-7-16)19-22-20(27-25-19)18-12-17(23-24-18)15-8-9-21-13-15/h4-7,12,15,21H,1-3,8-11,13H2,(H,23,24). The molecular formula is C20H24N6O. The molecule has 0 amide bonds. The minimum absolute atomic E-state index is 0.457. The minimum Gasteiger partial charge on any atom is -0.372 e. The van der Waals surface area contributed by atoms with E-state index in [1.165, 1.54) is 24.9 Å². The molecule has 0 spiro atoms. The molecule has 0 aliphatic carbocycles. The Balaban J connectivity index is 1.33. The van der Waals surface area contributed by atoms with Crippen LogP contribution >= 0.6 is 0 Å². The quantitative estimate of drug-likeness (QED) is 0.740. The molecule has 5 rings (SSSR count). The van der Waals surface area contributed by atoms with Gasteiger partial charge in [0.1, 0.15) is 0 Å². The number of hydrogen-bond acceptors (Lipinski definition) is 6. The molecule has 1 unspecified atom stereocenters. The first kappa shape index (κ1) is 16.5. The molecule has 3 aromatic rings. The first-order valence-corrected chi connectivity index (χ1v) is 9.82. The first-order valence-electron chi connectivity index (χ1n) is 9.82. The van der Waals surface area contributed by atoms with Crippen molar-refractivity contribution in [2.75, 3.05) is 31.1 Å². The molecule has 140 valence electrons. The van der Waals surface area contributed by atoms with Gasteiger partial charge >= 0.3 is 0 Å². The van der Waals surface area contributed by atoms with Crippen LogP contribution in [0.15, 0.2) is 34.9 Å². The lowest BCUT2D eigenvalue weighted by atomic mass is 10.1. The number of hydrogen-bond donors (Lipinski definition) is 2. The average Bonchev–Trinajstić information content (AvgIpc) is 3.49.